The number of rotatable bonds is 8. The number of ether oxygens (including phenoxy) is 1. The molecule has 4 rings (SSSR count). The molecule has 0 heterocycles. The highest BCUT2D eigenvalue weighted by molar-refractivity contribution is 5.80. The van der Waals surface area contributed by atoms with Crippen LogP contribution < -0.4 is 10.6 Å². The van der Waals surface area contributed by atoms with E-state index in [-0.39, 0.29) is 36.9 Å². The van der Waals surface area contributed by atoms with E-state index in [9.17, 15) is 19.5 Å². The molecule has 2 amide bonds. The molecule has 2 aliphatic rings. The second-order valence-corrected chi connectivity index (χ2v) is 9.18. The zero-order valence-electron chi connectivity index (χ0n) is 19.5. The summed E-state index contributed by atoms with van der Waals surface area (Å²) in [4.78, 5) is 36.6. The molecule has 0 aliphatic heterocycles. The van der Waals surface area contributed by atoms with Crippen molar-refractivity contribution in [3.63, 3.8) is 0 Å². The fourth-order valence-electron chi connectivity index (χ4n) is 5.19. The van der Waals surface area contributed by atoms with Crippen molar-refractivity contribution in [1.82, 2.24) is 10.6 Å². The normalized spacial score (nSPS) is 20.0. The van der Waals surface area contributed by atoms with Gasteiger partial charge in [0.25, 0.3) is 0 Å². The molecule has 34 heavy (non-hydrogen) atoms. The number of alkyl carbamates (subject to hydrolysis) is 1. The Morgan fingerprint density at radius 1 is 1.00 bits per heavy atom. The predicted octanol–water partition coefficient (Wildman–Crippen LogP) is 4.45. The van der Waals surface area contributed by atoms with Gasteiger partial charge in [-0.1, -0.05) is 68.3 Å². The van der Waals surface area contributed by atoms with E-state index in [0.29, 0.717) is 19.3 Å². The Bertz CT molecular complexity index is 1010. The van der Waals surface area contributed by atoms with E-state index in [0.717, 1.165) is 35.1 Å². The summed E-state index contributed by atoms with van der Waals surface area (Å²) in [5.41, 5.74) is 4.61. The number of fused-ring (bicyclic) bond motifs is 3. The first-order chi connectivity index (χ1) is 16.5. The van der Waals surface area contributed by atoms with Crippen LogP contribution in [0, 0.1) is 5.92 Å². The largest absolute Gasteiger partial charge is 0.481 e. The summed E-state index contributed by atoms with van der Waals surface area (Å²) in [6, 6.07) is 15.6. The molecule has 0 saturated heterocycles. The predicted molar refractivity (Wildman–Crippen MR) is 128 cm³/mol. The van der Waals surface area contributed by atoms with Crippen molar-refractivity contribution >= 4 is 18.0 Å². The first-order valence-electron chi connectivity index (χ1n) is 12.1. The Labute approximate surface area is 199 Å². The molecule has 3 atom stereocenters. The molecule has 1 fully saturated rings. The summed E-state index contributed by atoms with van der Waals surface area (Å²) >= 11 is 0. The van der Waals surface area contributed by atoms with Gasteiger partial charge < -0.3 is 20.5 Å². The summed E-state index contributed by atoms with van der Waals surface area (Å²) < 4.78 is 5.59. The SMILES string of the molecule is CCC(CC(=O)N[C@@H]1CCCC[C@@H]1C(=O)O)NC(=O)OCC1c2ccccc2-c2ccccc21. The highest BCUT2D eigenvalue weighted by Crippen LogP contribution is 2.44. The molecule has 7 nitrogen and oxygen atoms in total. The average molecular weight is 465 g/mol. The molecule has 1 unspecified atom stereocenters. The van der Waals surface area contributed by atoms with Crippen molar-refractivity contribution in [3.05, 3.63) is 59.7 Å². The molecular weight excluding hydrogens is 432 g/mol. The van der Waals surface area contributed by atoms with E-state index in [1.165, 1.54) is 0 Å². The molecule has 2 aromatic carbocycles. The molecule has 180 valence electrons. The highest BCUT2D eigenvalue weighted by atomic mass is 16.5. The molecule has 0 aromatic heterocycles. The third kappa shape index (κ3) is 5.24. The summed E-state index contributed by atoms with van der Waals surface area (Å²) in [7, 11) is 0. The van der Waals surface area contributed by atoms with Crippen LogP contribution in [-0.2, 0) is 14.3 Å². The summed E-state index contributed by atoms with van der Waals surface area (Å²) in [5.74, 6) is -1.69. The maximum atomic E-state index is 12.6. The lowest BCUT2D eigenvalue weighted by Gasteiger charge is -2.29. The van der Waals surface area contributed by atoms with Crippen LogP contribution in [0.1, 0.15) is 62.5 Å². The van der Waals surface area contributed by atoms with Crippen LogP contribution in [0.2, 0.25) is 0 Å². The van der Waals surface area contributed by atoms with Gasteiger partial charge in [0.2, 0.25) is 5.91 Å². The van der Waals surface area contributed by atoms with Gasteiger partial charge in [-0.25, -0.2) is 4.79 Å². The van der Waals surface area contributed by atoms with Gasteiger partial charge >= 0.3 is 12.1 Å². The third-order valence-corrected chi connectivity index (χ3v) is 7.02. The number of carbonyl (C=O) groups excluding carboxylic acids is 2. The number of benzene rings is 2. The molecule has 1 saturated carbocycles. The minimum atomic E-state index is -0.867. The minimum absolute atomic E-state index is 0.0271. The van der Waals surface area contributed by atoms with Crippen molar-refractivity contribution in [3.8, 4) is 11.1 Å². The quantitative estimate of drug-likeness (QED) is 0.535. The number of carboxylic acid groups (broad SMARTS) is 1. The van der Waals surface area contributed by atoms with Crippen molar-refractivity contribution in [2.45, 2.75) is 63.5 Å². The number of aliphatic carboxylic acids is 1. The van der Waals surface area contributed by atoms with Gasteiger partial charge in [0.05, 0.1) is 5.92 Å². The molecule has 7 heteroatoms. The van der Waals surface area contributed by atoms with Crippen LogP contribution in [0.4, 0.5) is 4.79 Å². The monoisotopic (exact) mass is 464 g/mol. The van der Waals surface area contributed by atoms with Crippen LogP contribution in [0.15, 0.2) is 48.5 Å². The van der Waals surface area contributed by atoms with Gasteiger partial charge in [0.1, 0.15) is 6.61 Å². The Kier molecular flexibility index (Phi) is 7.50. The lowest BCUT2D eigenvalue weighted by molar-refractivity contribution is -0.144. The minimum Gasteiger partial charge on any atom is -0.481 e. The molecule has 0 radical (unpaired) electrons. The van der Waals surface area contributed by atoms with Gasteiger partial charge in [0, 0.05) is 24.4 Å². The van der Waals surface area contributed by atoms with Crippen LogP contribution in [0.5, 0.6) is 0 Å². The summed E-state index contributed by atoms with van der Waals surface area (Å²) in [5, 5.41) is 15.1. The Balaban J connectivity index is 1.31. The highest BCUT2D eigenvalue weighted by Gasteiger charge is 2.32. The van der Waals surface area contributed by atoms with Crippen LogP contribution in [0.3, 0.4) is 0 Å². The van der Waals surface area contributed by atoms with E-state index in [2.05, 4.69) is 34.9 Å². The number of hydrogen-bond donors (Lipinski definition) is 3. The van der Waals surface area contributed by atoms with Gasteiger partial charge in [0.15, 0.2) is 0 Å². The van der Waals surface area contributed by atoms with Crippen molar-refractivity contribution in [2.24, 2.45) is 5.92 Å². The van der Waals surface area contributed by atoms with E-state index >= 15 is 0 Å². The Hall–Kier alpha value is -3.35. The number of hydrogen-bond acceptors (Lipinski definition) is 4. The van der Waals surface area contributed by atoms with Gasteiger partial charge in [-0.05, 0) is 41.5 Å². The zero-order valence-corrected chi connectivity index (χ0v) is 19.5. The lowest BCUT2D eigenvalue weighted by atomic mass is 9.84. The molecule has 0 spiro atoms. The van der Waals surface area contributed by atoms with Gasteiger partial charge in [-0.15, -0.1) is 0 Å². The van der Waals surface area contributed by atoms with E-state index in [1.807, 2.05) is 31.2 Å². The average Bonchev–Trinajstić information content (AvgIpc) is 3.16. The number of amides is 2. The van der Waals surface area contributed by atoms with E-state index in [4.69, 9.17) is 4.74 Å². The van der Waals surface area contributed by atoms with Gasteiger partial charge in [-0.3, -0.25) is 9.59 Å². The van der Waals surface area contributed by atoms with E-state index in [1.54, 1.807) is 0 Å². The van der Waals surface area contributed by atoms with Crippen molar-refractivity contribution in [2.75, 3.05) is 6.61 Å². The summed E-state index contributed by atoms with van der Waals surface area (Å²) in [6.45, 7) is 2.10. The summed E-state index contributed by atoms with van der Waals surface area (Å²) in [6.07, 6.45) is 3.11. The number of carboxylic acids is 1. The molecule has 3 N–H and O–H groups in total. The standard InChI is InChI=1S/C27H32N2O5/c1-2-17(15-25(30)29-24-14-8-7-13-22(24)26(31)32)28-27(33)34-16-23-20-11-5-3-9-18(20)19-10-4-6-12-21(19)23/h3-6,9-12,17,22-24H,2,7-8,13-16H2,1H3,(H,28,33)(H,29,30)(H,31,32)/t17?,22-,24+/m0/s1. The van der Waals surface area contributed by atoms with Crippen molar-refractivity contribution in [1.29, 1.82) is 0 Å². The smallest absolute Gasteiger partial charge is 0.407 e. The van der Waals surface area contributed by atoms with Crippen LogP contribution >= 0.6 is 0 Å². The maximum absolute atomic E-state index is 12.6. The molecule has 0 bridgehead atoms. The fraction of sp³-hybridized carbons (Fsp3) is 0.444. The fourth-order valence-corrected chi connectivity index (χ4v) is 5.19. The first-order valence-corrected chi connectivity index (χ1v) is 12.1. The molecule has 2 aromatic rings. The molecular formula is C27H32N2O5. The van der Waals surface area contributed by atoms with E-state index < -0.39 is 18.0 Å². The topological polar surface area (TPSA) is 105 Å². The number of nitrogens with one attached hydrogen (secondary N) is 2. The Morgan fingerprint density at radius 3 is 2.24 bits per heavy atom. The second-order valence-electron chi connectivity index (χ2n) is 9.18. The Morgan fingerprint density at radius 2 is 1.62 bits per heavy atom. The first kappa shape index (κ1) is 23.8. The van der Waals surface area contributed by atoms with Crippen molar-refractivity contribution < 1.29 is 24.2 Å². The maximum Gasteiger partial charge on any atom is 0.407 e. The lowest BCUT2D eigenvalue weighted by Crippen LogP contribution is -2.47. The zero-order chi connectivity index (χ0) is 24.1. The number of carbonyl (C=O) groups is 3. The van der Waals surface area contributed by atoms with Crippen LogP contribution in [-0.4, -0.2) is 41.8 Å². The van der Waals surface area contributed by atoms with Crippen LogP contribution in [0.25, 0.3) is 11.1 Å². The second kappa shape index (κ2) is 10.7. The third-order valence-electron chi connectivity index (χ3n) is 7.02. The van der Waals surface area contributed by atoms with Gasteiger partial charge in [-0.2, -0.15) is 0 Å². The molecule has 2 aliphatic carbocycles.